The number of nitrogens with one attached hydrogen (secondary N) is 2. The minimum atomic E-state index is 0.0583. The lowest BCUT2D eigenvalue weighted by Crippen LogP contribution is -2.27. The summed E-state index contributed by atoms with van der Waals surface area (Å²) >= 11 is 3.22. The number of carbonyl (C=O) groups excluding carboxylic acids is 1. The van der Waals surface area contributed by atoms with Crippen LogP contribution in [0.5, 0.6) is 0 Å². The molecule has 1 saturated carbocycles. The van der Waals surface area contributed by atoms with Crippen molar-refractivity contribution >= 4 is 33.6 Å². The van der Waals surface area contributed by atoms with E-state index in [2.05, 4.69) is 36.5 Å². The Bertz CT molecular complexity index is 401. The lowest BCUT2D eigenvalue weighted by molar-refractivity contribution is -0.120. The van der Waals surface area contributed by atoms with Crippen LogP contribution in [0.4, 0.5) is 11.8 Å². The average Bonchev–Trinajstić information content (AvgIpc) is 3.00. The molecule has 0 radical (unpaired) electrons. The summed E-state index contributed by atoms with van der Waals surface area (Å²) in [5, 5.41) is 5.87. The zero-order valence-electron chi connectivity index (χ0n) is 9.24. The maximum absolute atomic E-state index is 11.4. The molecule has 1 heterocycles. The Balaban J connectivity index is 1.74. The minimum absolute atomic E-state index is 0.0583. The van der Waals surface area contributed by atoms with Gasteiger partial charge in [-0.05, 0) is 28.8 Å². The van der Waals surface area contributed by atoms with Crippen molar-refractivity contribution in [3.8, 4) is 0 Å². The Morgan fingerprint density at radius 3 is 2.94 bits per heavy atom. The van der Waals surface area contributed by atoms with Gasteiger partial charge in [-0.2, -0.15) is 4.98 Å². The van der Waals surface area contributed by atoms with E-state index in [9.17, 15) is 4.79 Å². The Morgan fingerprint density at radius 2 is 2.29 bits per heavy atom. The summed E-state index contributed by atoms with van der Waals surface area (Å²) in [6, 6.07) is 2.02. The molecule has 17 heavy (non-hydrogen) atoms. The second-order valence-corrected chi connectivity index (χ2v) is 4.77. The van der Waals surface area contributed by atoms with Crippen molar-refractivity contribution in [2.24, 2.45) is 0 Å². The van der Waals surface area contributed by atoms with Gasteiger partial charge in [0.25, 0.3) is 0 Å². The average molecular weight is 300 g/mol. The van der Waals surface area contributed by atoms with Gasteiger partial charge in [-0.25, -0.2) is 4.98 Å². The van der Waals surface area contributed by atoms with Crippen molar-refractivity contribution in [1.82, 2.24) is 15.3 Å². The molecular formula is C10H14BrN5O. The molecule has 0 atom stereocenters. The smallest absolute Gasteiger partial charge is 0.225 e. The quantitative estimate of drug-likeness (QED) is 0.703. The van der Waals surface area contributed by atoms with E-state index in [4.69, 9.17) is 5.73 Å². The second kappa shape index (κ2) is 5.31. The molecule has 92 valence electrons. The molecule has 1 amide bonds. The first-order valence-electron chi connectivity index (χ1n) is 5.47. The molecule has 0 aromatic carbocycles. The zero-order valence-corrected chi connectivity index (χ0v) is 10.8. The molecule has 1 aliphatic rings. The number of amides is 1. The number of nitrogens with two attached hydrogens (primary N) is 1. The van der Waals surface area contributed by atoms with Crippen LogP contribution in [0, 0.1) is 0 Å². The third kappa shape index (κ3) is 4.18. The van der Waals surface area contributed by atoms with Gasteiger partial charge < -0.3 is 16.4 Å². The predicted molar refractivity (Wildman–Crippen MR) is 68.4 cm³/mol. The number of nitrogens with zero attached hydrogens (tertiary/aromatic N) is 2. The van der Waals surface area contributed by atoms with Crippen molar-refractivity contribution in [3.63, 3.8) is 0 Å². The van der Waals surface area contributed by atoms with E-state index in [-0.39, 0.29) is 5.91 Å². The van der Waals surface area contributed by atoms with Crippen LogP contribution in [0.1, 0.15) is 19.3 Å². The summed E-state index contributed by atoms with van der Waals surface area (Å²) in [5.41, 5.74) is 5.56. The molecular weight excluding hydrogens is 286 g/mol. The largest absolute Gasteiger partial charge is 0.383 e. The molecule has 0 aliphatic heterocycles. The van der Waals surface area contributed by atoms with Crippen molar-refractivity contribution in [2.75, 3.05) is 17.6 Å². The number of hydrogen-bond donors (Lipinski definition) is 3. The summed E-state index contributed by atoms with van der Waals surface area (Å²) in [6.07, 6.45) is 2.61. The fourth-order valence-electron chi connectivity index (χ4n) is 1.33. The van der Waals surface area contributed by atoms with Gasteiger partial charge in [0.05, 0.1) is 0 Å². The van der Waals surface area contributed by atoms with Gasteiger partial charge >= 0.3 is 0 Å². The van der Waals surface area contributed by atoms with Gasteiger partial charge in [0.15, 0.2) is 0 Å². The number of carbonyl (C=O) groups is 1. The number of halogens is 1. The maximum Gasteiger partial charge on any atom is 0.225 e. The first kappa shape index (κ1) is 12.1. The molecule has 6 nitrogen and oxygen atoms in total. The highest BCUT2D eigenvalue weighted by molar-refractivity contribution is 9.10. The second-order valence-electron chi connectivity index (χ2n) is 3.96. The van der Waals surface area contributed by atoms with Crippen LogP contribution in [0.3, 0.4) is 0 Å². The van der Waals surface area contributed by atoms with E-state index >= 15 is 0 Å². The molecule has 1 aromatic rings. The third-order valence-electron chi connectivity index (χ3n) is 2.29. The summed E-state index contributed by atoms with van der Waals surface area (Å²) < 4.78 is 0.620. The summed E-state index contributed by atoms with van der Waals surface area (Å²) in [7, 11) is 0. The van der Waals surface area contributed by atoms with Gasteiger partial charge in [0.2, 0.25) is 11.9 Å². The normalized spacial score (nSPS) is 14.4. The van der Waals surface area contributed by atoms with E-state index < -0.39 is 0 Å². The van der Waals surface area contributed by atoms with Crippen LogP contribution in [-0.2, 0) is 4.79 Å². The van der Waals surface area contributed by atoms with Gasteiger partial charge in [0, 0.05) is 25.1 Å². The van der Waals surface area contributed by atoms with Crippen LogP contribution < -0.4 is 16.4 Å². The van der Waals surface area contributed by atoms with Gasteiger partial charge in [0.1, 0.15) is 10.4 Å². The SMILES string of the molecule is Nc1cc(Br)nc(NCCC(=O)NC2CC2)n1. The minimum Gasteiger partial charge on any atom is -0.383 e. The summed E-state index contributed by atoms with van der Waals surface area (Å²) in [6.45, 7) is 0.494. The first-order chi connectivity index (χ1) is 8.13. The fraction of sp³-hybridized carbons (Fsp3) is 0.500. The molecule has 0 saturated heterocycles. The zero-order chi connectivity index (χ0) is 12.3. The number of aromatic nitrogens is 2. The lowest BCUT2D eigenvalue weighted by atomic mass is 10.4. The Kier molecular flexibility index (Phi) is 3.78. The number of rotatable bonds is 5. The van der Waals surface area contributed by atoms with E-state index in [0.717, 1.165) is 12.8 Å². The maximum atomic E-state index is 11.4. The molecule has 0 unspecified atom stereocenters. The van der Waals surface area contributed by atoms with Crippen LogP contribution in [0.2, 0.25) is 0 Å². The topological polar surface area (TPSA) is 92.9 Å². The predicted octanol–water partition coefficient (Wildman–Crippen LogP) is 0.902. The van der Waals surface area contributed by atoms with Crippen molar-refractivity contribution in [1.29, 1.82) is 0 Å². The highest BCUT2D eigenvalue weighted by atomic mass is 79.9. The van der Waals surface area contributed by atoms with E-state index in [1.165, 1.54) is 0 Å². The van der Waals surface area contributed by atoms with Gasteiger partial charge in [-0.15, -0.1) is 0 Å². The monoisotopic (exact) mass is 299 g/mol. The molecule has 4 N–H and O–H groups in total. The van der Waals surface area contributed by atoms with Crippen LogP contribution in [-0.4, -0.2) is 28.5 Å². The van der Waals surface area contributed by atoms with Crippen LogP contribution in [0.15, 0.2) is 10.7 Å². The lowest BCUT2D eigenvalue weighted by Gasteiger charge is -2.06. The molecule has 7 heteroatoms. The number of anilines is 2. The van der Waals surface area contributed by atoms with E-state index in [1.807, 2.05) is 0 Å². The van der Waals surface area contributed by atoms with Crippen LogP contribution in [0.25, 0.3) is 0 Å². The summed E-state index contributed by atoms with van der Waals surface area (Å²) in [4.78, 5) is 19.5. The standard InChI is InChI=1S/C10H14BrN5O/c11-7-5-8(12)16-10(15-7)13-4-3-9(17)14-6-1-2-6/h5-6H,1-4H2,(H,14,17)(H3,12,13,15,16). The highest BCUT2D eigenvalue weighted by Crippen LogP contribution is 2.18. The van der Waals surface area contributed by atoms with Crippen LogP contribution >= 0.6 is 15.9 Å². The van der Waals surface area contributed by atoms with Crippen molar-refractivity contribution < 1.29 is 4.79 Å². The first-order valence-corrected chi connectivity index (χ1v) is 6.26. The third-order valence-corrected chi connectivity index (χ3v) is 2.70. The molecule has 0 spiro atoms. The highest BCUT2D eigenvalue weighted by Gasteiger charge is 2.22. The Labute approximate surface area is 108 Å². The molecule has 1 aromatic heterocycles. The number of hydrogen-bond acceptors (Lipinski definition) is 5. The fourth-order valence-corrected chi connectivity index (χ4v) is 1.73. The van der Waals surface area contributed by atoms with Crippen molar-refractivity contribution in [2.45, 2.75) is 25.3 Å². The Morgan fingerprint density at radius 1 is 1.53 bits per heavy atom. The van der Waals surface area contributed by atoms with Crippen molar-refractivity contribution in [3.05, 3.63) is 10.7 Å². The molecule has 1 fully saturated rings. The molecule has 2 rings (SSSR count). The Hall–Kier alpha value is -1.37. The van der Waals surface area contributed by atoms with E-state index in [0.29, 0.717) is 35.4 Å². The molecule has 0 bridgehead atoms. The molecule has 1 aliphatic carbocycles. The van der Waals surface area contributed by atoms with Gasteiger partial charge in [-0.3, -0.25) is 4.79 Å². The van der Waals surface area contributed by atoms with E-state index in [1.54, 1.807) is 6.07 Å². The number of nitrogen functional groups attached to an aromatic ring is 1. The summed E-state index contributed by atoms with van der Waals surface area (Å²) in [5.74, 6) is 0.871. The van der Waals surface area contributed by atoms with Gasteiger partial charge in [-0.1, -0.05) is 0 Å².